The molecule has 0 radical (unpaired) electrons. The van der Waals surface area contributed by atoms with Crippen LogP contribution in [0.4, 0.5) is 0 Å². The fraction of sp³-hybridized carbons (Fsp3) is 0.500. The monoisotopic (exact) mass is 241 g/mol. The van der Waals surface area contributed by atoms with Gasteiger partial charge in [0.05, 0.1) is 13.2 Å². The second kappa shape index (κ2) is 6.78. The van der Waals surface area contributed by atoms with E-state index in [9.17, 15) is 5.11 Å². The highest BCUT2D eigenvalue weighted by atomic mass is 32.2. The zero-order valence-electron chi connectivity index (χ0n) is 9.72. The largest absolute Gasteiger partial charge is 0.497 e. The molecular formula is C12H19NO2S. The fourth-order valence-electron chi connectivity index (χ4n) is 1.31. The van der Waals surface area contributed by atoms with Gasteiger partial charge in [0.2, 0.25) is 0 Å². The van der Waals surface area contributed by atoms with Crippen molar-refractivity contribution in [2.45, 2.75) is 19.1 Å². The number of nitrogens with two attached hydrogens (primary N) is 1. The minimum atomic E-state index is -0.459. The number of ether oxygens (including phenoxy) is 1. The van der Waals surface area contributed by atoms with Crippen LogP contribution in [0, 0.1) is 0 Å². The molecule has 0 aliphatic carbocycles. The van der Waals surface area contributed by atoms with Crippen LogP contribution in [0.25, 0.3) is 0 Å². The van der Waals surface area contributed by atoms with E-state index in [2.05, 4.69) is 0 Å². The van der Waals surface area contributed by atoms with Crippen LogP contribution in [-0.2, 0) is 0 Å². The Morgan fingerprint density at radius 2 is 2.19 bits per heavy atom. The normalized spacial score (nSPS) is 14.5. The molecule has 16 heavy (non-hydrogen) atoms. The minimum Gasteiger partial charge on any atom is -0.497 e. The summed E-state index contributed by atoms with van der Waals surface area (Å²) in [6.45, 7) is 1.96. The number of hydrogen-bond acceptors (Lipinski definition) is 4. The number of hydrogen-bond donors (Lipinski definition) is 2. The molecule has 0 bridgehead atoms. The molecule has 3 nitrogen and oxygen atoms in total. The molecule has 0 aliphatic rings. The predicted molar refractivity (Wildman–Crippen MR) is 68.9 cm³/mol. The highest BCUT2D eigenvalue weighted by Crippen LogP contribution is 2.22. The Morgan fingerprint density at radius 3 is 2.81 bits per heavy atom. The van der Waals surface area contributed by atoms with Crippen molar-refractivity contribution in [1.29, 1.82) is 0 Å². The van der Waals surface area contributed by atoms with E-state index in [1.807, 2.05) is 31.2 Å². The van der Waals surface area contributed by atoms with Gasteiger partial charge in [0.15, 0.2) is 0 Å². The van der Waals surface area contributed by atoms with Gasteiger partial charge in [0.25, 0.3) is 0 Å². The summed E-state index contributed by atoms with van der Waals surface area (Å²) in [6, 6.07) is 7.68. The summed E-state index contributed by atoms with van der Waals surface area (Å²) in [7, 11) is 1.62. The summed E-state index contributed by atoms with van der Waals surface area (Å²) in [5.41, 5.74) is 6.53. The van der Waals surface area contributed by atoms with E-state index in [4.69, 9.17) is 10.5 Å². The van der Waals surface area contributed by atoms with Gasteiger partial charge in [-0.3, -0.25) is 0 Å². The summed E-state index contributed by atoms with van der Waals surface area (Å²) in [5.74, 6) is 2.30. The Labute approximate surface area is 101 Å². The van der Waals surface area contributed by atoms with Crippen molar-refractivity contribution in [3.8, 4) is 5.75 Å². The van der Waals surface area contributed by atoms with Gasteiger partial charge >= 0.3 is 0 Å². The molecule has 4 heteroatoms. The van der Waals surface area contributed by atoms with Gasteiger partial charge in [-0.1, -0.05) is 12.1 Å². The average molecular weight is 241 g/mol. The third-order valence-corrected chi connectivity index (χ3v) is 3.45. The van der Waals surface area contributed by atoms with Crippen LogP contribution in [0.3, 0.4) is 0 Å². The Balaban J connectivity index is 2.48. The molecule has 1 rings (SSSR count). The lowest BCUT2D eigenvalue weighted by atomic mass is 10.1. The number of methoxy groups -OCH3 is 1. The quantitative estimate of drug-likeness (QED) is 0.797. The maximum absolute atomic E-state index is 9.94. The molecular weight excluding hydrogens is 222 g/mol. The number of aliphatic hydroxyl groups excluding tert-OH is 1. The predicted octanol–water partition coefficient (Wildman–Crippen LogP) is 1.81. The molecule has 90 valence electrons. The molecule has 0 aromatic heterocycles. The lowest BCUT2D eigenvalue weighted by molar-refractivity contribution is 0.203. The Morgan fingerprint density at radius 1 is 1.44 bits per heavy atom. The van der Waals surface area contributed by atoms with Crippen molar-refractivity contribution in [2.24, 2.45) is 5.73 Å². The van der Waals surface area contributed by atoms with Gasteiger partial charge in [-0.25, -0.2) is 0 Å². The van der Waals surface area contributed by atoms with Gasteiger partial charge in [-0.15, -0.1) is 0 Å². The first-order valence-corrected chi connectivity index (χ1v) is 6.44. The first kappa shape index (κ1) is 13.4. The summed E-state index contributed by atoms with van der Waals surface area (Å²) in [4.78, 5) is 0. The van der Waals surface area contributed by atoms with Gasteiger partial charge < -0.3 is 15.6 Å². The van der Waals surface area contributed by atoms with Crippen LogP contribution in [-0.4, -0.2) is 29.8 Å². The number of benzene rings is 1. The van der Waals surface area contributed by atoms with Crippen LogP contribution in [0.1, 0.15) is 18.6 Å². The summed E-state index contributed by atoms with van der Waals surface area (Å²) in [5, 5.41) is 9.94. The first-order valence-electron chi connectivity index (χ1n) is 5.29. The Kier molecular flexibility index (Phi) is 5.66. The number of rotatable bonds is 6. The van der Waals surface area contributed by atoms with Crippen molar-refractivity contribution in [2.75, 3.05) is 18.6 Å². The molecule has 3 N–H and O–H groups in total. The Hall–Kier alpha value is -0.710. The third-order valence-electron chi connectivity index (χ3n) is 2.14. The van der Waals surface area contributed by atoms with Gasteiger partial charge in [-0.05, 0) is 24.6 Å². The van der Waals surface area contributed by atoms with Gasteiger partial charge in [0.1, 0.15) is 5.75 Å². The zero-order chi connectivity index (χ0) is 12.0. The molecule has 2 atom stereocenters. The second-order valence-corrected chi connectivity index (χ2v) is 4.88. The minimum absolute atomic E-state index is 0.169. The molecule has 0 fully saturated rings. The first-order chi connectivity index (χ1) is 7.63. The van der Waals surface area contributed by atoms with Crippen LogP contribution < -0.4 is 10.5 Å². The van der Waals surface area contributed by atoms with Crippen molar-refractivity contribution < 1.29 is 9.84 Å². The molecule has 2 unspecified atom stereocenters. The molecule has 0 saturated carbocycles. The standard InChI is InChI=1S/C12H19NO2S/c1-9(13)7-16-8-12(14)10-4-3-5-11(6-10)15-2/h3-6,9,12,14H,7-8,13H2,1-2H3. The van der Waals surface area contributed by atoms with E-state index >= 15 is 0 Å². The van der Waals surface area contributed by atoms with Crippen LogP contribution >= 0.6 is 11.8 Å². The molecule has 0 aliphatic heterocycles. The highest BCUT2D eigenvalue weighted by Gasteiger charge is 2.08. The smallest absolute Gasteiger partial charge is 0.119 e. The van der Waals surface area contributed by atoms with Gasteiger partial charge in [-0.2, -0.15) is 11.8 Å². The molecule has 0 saturated heterocycles. The van der Waals surface area contributed by atoms with Gasteiger partial charge in [0, 0.05) is 17.5 Å². The van der Waals surface area contributed by atoms with E-state index < -0.39 is 6.10 Å². The van der Waals surface area contributed by atoms with E-state index in [0.29, 0.717) is 5.75 Å². The second-order valence-electron chi connectivity index (χ2n) is 3.81. The fourth-order valence-corrected chi connectivity index (χ4v) is 2.23. The highest BCUT2D eigenvalue weighted by molar-refractivity contribution is 7.99. The SMILES string of the molecule is COc1cccc(C(O)CSCC(C)N)c1. The van der Waals surface area contributed by atoms with Crippen LogP contribution in [0.5, 0.6) is 5.75 Å². The van der Waals surface area contributed by atoms with E-state index in [0.717, 1.165) is 17.1 Å². The van der Waals surface area contributed by atoms with E-state index in [1.54, 1.807) is 18.9 Å². The number of aliphatic hydroxyl groups is 1. The van der Waals surface area contributed by atoms with Crippen LogP contribution in [0.15, 0.2) is 24.3 Å². The van der Waals surface area contributed by atoms with Crippen molar-refractivity contribution in [3.05, 3.63) is 29.8 Å². The lowest BCUT2D eigenvalue weighted by Crippen LogP contribution is -2.18. The maximum atomic E-state index is 9.94. The Bertz CT molecular complexity index is 318. The molecule has 1 aromatic rings. The van der Waals surface area contributed by atoms with E-state index in [1.165, 1.54) is 0 Å². The van der Waals surface area contributed by atoms with Crippen molar-refractivity contribution >= 4 is 11.8 Å². The van der Waals surface area contributed by atoms with Crippen LogP contribution in [0.2, 0.25) is 0 Å². The lowest BCUT2D eigenvalue weighted by Gasteiger charge is -2.12. The summed E-state index contributed by atoms with van der Waals surface area (Å²) < 4.78 is 5.11. The van der Waals surface area contributed by atoms with E-state index in [-0.39, 0.29) is 6.04 Å². The summed E-state index contributed by atoms with van der Waals surface area (Å²) in [6.07, 6.45) is -0.459. The zero-order valence-corrected chi connectivity index (χ0v) is 10.5. The maximum Gasteiger partial charge on any atom is 0.119 e. The molecule has 1 aromatic carbocycles. The molecule has 0 heterocycles. The van der Waals surface area contributed by atoms with Crippen molar-refractivity contribution in [1.82, 2.24) is 0 Å². The average Bonchev–Trinajstić information content (AvgIpc) is 2.28. The topological polar surface area (TPSA) is 55.5 Å². The van der Waals surface area contributed by atoms with Crippen molar-refractivity contribution in [3.63, 3.8) is 0 Å². The third kappa shape index (κ3) is 4.43. The molecule has 0 spiro atoms. The summed E-state index contributed by atoms with van der Waals surface area (Å²) >= 11 is 1.66. The number of thioether (sulfide) groups is 1. The molecule has 0 amide bonds.